The largest absolute Gasteiger partial charge is 0.459 e. The fourth-order valence-electron chi connectivity index (χ4n) is 3.14. The molecule has 1 amide bonds. The van der Waals surface area contributed by atoms with Crippen LogP contribution in [0.4, 0.5) is 0 Å². The molecule has 2 aromatic heterocycles. The standard InChI is InChI=1S/C21H19N3O3/c1-14(19-11-15-7-3-6-10-18(15)27-19)23(2)21(26)13-24-17-9-5-4-8-16(17)22-12-20(24)25/h3-12,14H,13H2,1-2H3. The summed E-state index contributed by atoms with van der Waals surface area (Å²) in [4.78, 5) is 30.8. The number of hydrogen-bond acceptors (Lipinski definition) is 4. The fraction of sp³-hybridized carbons (Fsp3) is 0.190. The molecule has 0 N–H and O–H groups in total. The zero-order valence-corrected chi connectivity index (χ0v) is 15.1. The van der Waals surface area contributed by atoms with Gasteiger partial charge in [0.15, 0.2) is 0 Å². The molecule has 0 saturated carbocycles. The van der Waals surface area contributed by atoms with Crippen molar-refractivity contribution in [1.29, 1.82) is 0 Å². The van der Waals surface area contributed by atoms with E-state index in [1.165, 1.54) is 10.8 Å². The van der Waals surface area contributed by atoms with E-state index in [2.05, 4.69) is 4.98 Å². The highest BCUT2D eigenvalue weighted by Gasteiger charge is 2.21. The average Bonchev–Trinajstić information content (AvgIpc) is 3.13. The van der Waals surface area contributed by atoms with Gasteiger partial charge in [-0.15, -0.1) is 0 Å². The van der Waals surface area contributed by atoms with E-state index in [1.807, 2.05) is 55.5 Å². The lowest BCUT2D eigenvalue weighted by Crippen LogP contribution is -2.35. The van der Waals surface area contributed by atoms with Crippen molar-refractivity contribution in [2.45, 2.75) is 19.5 Å². The molecule has 1 atom stereocenters. The molecule has 0 aliphatic rings. The van der Waals surface area contributed by atoms with Gasteiger partial charge in [-0.05, 0) is 31.2 Å². The van der Waals surface area contributed by atoms with Crippen molar-refractivity contribution in [1.82, 2.24) is 14.5 Å². The fourth-order valence-corrected chi connectivity index (χ4v) is 3.14. The molecule has 2 heterocycles. The lowest BCUT2D eigenvalue weighted by Gasteiger charge is -2.24. The van der Waals surface area contributed by atoms with Crippen molar-refractivity contribution >= 4 is 27.9 Å². The minimum absolute atomic E-state index is 0.0526. The van der Waals surface area contributed by atoms with E-state index >= 15 is 0 Å². The highest BCUT2D eigenvalue weighted by molar-refractivity contribution is 5.81. The maximum atomic E-state index is 12.8. The van der Waals surface area contributed by atoms with E-state index in [0.717, 1.165) is 11.0 Å². The summed E-state index contributed by atoms with van der Waals surface area (Å²) in [5.41, 5.74) is 1.81. The maximum absolute atomic E-state index is 12.8. The Bertz CT molecular complexity index is 1160. The van der Waals surface area contributed by atoms with Crippen molar-refractivity contribution in [3.63, 3.8) is 0 Å². The van der Waals surface area contributed by atoms with Gasteiger partial charge in [-0.25, -0.2) is 4.98 Å². The Morgan fingerprint density at radius 1 is 1.19 bits per heavy atom. The van der Waals surface area contributed by atoms with Crippen molar-refractivity contribution in [3.8, 4) is 0 Å². The van der Waals surface area contributed by atoms with E-state index in [9.17, 15) is 9.59 Å². The van der Waals surface area contributed by atoms with Crippen LogP contribution in [-0.2, 0) is 11.3 Å². The molecule has 0 aliphatic carbocycles. The van der Waals surface area contributed by atoms with Gasteiger partial charge in [0.1, 0.15) is 17.9 Å². The van der Waals surface area contributed by atoms with E-state index < -0.39 is 0 Å². The van der Waals surface area contributed by atoms with Gasteiger partial charge in [-0.1, -0.05) is 30.3 Å². The minimum atomic E-state index is -0.299. The predicted molar refractivity (Wildman–Crippen MR) is 103 cm³/mol. The van der Waals surface area contributed by atoms with Crippen molar-refractivity contribution < 1.29 is 9.21 Å². The summed E-state index contributed by atoms with van der Waals surface area (Å²) in [6.45, 7) is 1.85. The number of furan rings is 1. The van der Waals surface area contributed by atoms with Crippen LogP contribution in [0.2, 0.25) is 0 Å². The van der Waals surface area contributed by atoms with E-state index in [1.54, 1.807) is 18.0 Å². The molecule has 27 heavy (non-hydrogen) atoms. The summed E-state index contributed by atoms with van der Waals surface area (Å²) < 4.78 is 7.32. The molecule has 0 bridgehead atoms. The van der Waals surface area contributed by atoms with Gasteiger partial charge in [0, 0.05) is 12.4 Å². The Kier molecular flexibility index (Phi) is 4.24. The molecule has 0 fully saturated rings. The first-order valence-corrected chi connectivity index (χ1v) is 8.73. The number of rotatable bonds is 4. The van der Waals surface area contributed by atoms with Crippen LogP contribution in [0.15, 0.2) is 70.0 Å². The second kappa shape index (κ2) is 6.72. The predicted octanol–water partition coefficient (Wildman–Crippen LogP) is 3.36. The van der Waals surface area contributed by atoms with Gasteiger partial charge in [-0.3, -0.25) is 14.2 Å². The third-order valence-electron chi connectivity index (χ3n) is 4.88. The number of nitrogens with zero attached hydrogens (tertiary/aromatic N) is 3. The molecule has 4 aromatic rings. The van der Waals surface area contributed by atoms with Gasteiger partial charge >= 0.3 is 0 Å². The zero-order valence-electron chi connectivity index (χ0n) is 15.1. The van der Waals surface area contributed by atoms with Crippen molar-refractivity contribution in [2.24, 2.45) is 0 Å². The molecule has 2 aromatic carbocycles. The van der Waals surface area contributed by atoms with Crippen molar-refractivity contribution in [2.75, 3.05) is 7.05 Å². The van der Waals surface area contributed by atoms with Crippen LogP contribution in [-0.4, -0.2) is 27.4 Å². The summed E-state index contributed by atoms with van der Waals surface area (Å²) in [6, 6.07) is 16.7. The molecule has 6 nitrogen and oxygen atoms in total. The van der Waals surface area contributed by atoms with E-state index in [4.69, 9.17) is 4.42 Å². The number of amides is 1. The van der Waals surface area contributed by atoms with Gasteiger partial charge in [-0.2, -0.15) is 0 Å². The molecular formula is C21H19N3O3. The Labute approximate surface area is 155 Å². The number of carbonyl (C=O) groups is 1. The van der Waals surface area contributed by atoms with E-state index in [-0.39, 0.29) is 24.1 Å². The Morgan fingerprint density at radius 2 is 1.93 bits per heavy atom. The second-order valence-corrected chi connectivity index (χ2v) is 6.54. The Balaban J connectivity index is 1.61. The molecule has 0 spiro atoms. The maximum Gasteiger partial charge on any atom is 0.269 e. The molecule has 4 rings (SSSR count). The molecule has 6 heteroatoms. The zero-order chi connectivity index (χ0) is 19.0. The Morgan fingerprint density at radius 3 is 2.74 bits per heavy atom. The number of likely N-dealkylation sites (N-methyl/N-ethyl adjacent to an activating group) is 1. The topological polar surface area (TPSA) is 68.3 Å². The first-order valence-electron chi connectivity index (χ1n) is 8.73. The lowest BCUT2D eigenvalue weighted by molar-refractivity contribution is -0.132. The van der Waals surface area contributed by atoms with Crippen LogP contribution >= 0.6 is 0 Å². The Hall–Kier alpha value is -3.41. The molecule has 0 saturated heterocycles. The highest BCUT2D eigenvalue weighted by Crippen LogP contribution is 2.26. The van der Waals surface area contributed by atoms with Gasteiger partial charge in [0.2, 0.25) is 5.91 Å². The smallest absolute Gasteiger partial charge is 0.269 e. The third-order valence-corrected chi connectivity index (χ3v) is 4.88. The summed E-state index contributed by atoms with van der Waals surface area (Å²) >= 11 is 0. The van der Waals surface area contributed by atoms with Crippen LogP contribution in [0.5, 0.6) is 0 Å². The van der Waals surface area contributed by atoms with Gasteiger partial charge in [0.25, 0.3) is 5.56 Å². The molecule has 136 valence electrons. The number of aromatic nitrogens is 2. The number of hydrogen-bond donors (Lipinski definition) is 0. The lowest BCUT2D eigenvalue weighted by atomic mass is 10.2. The minimum Gasteiger partial charge on any atom is -0.459 e. The van der Waals surface area contributed by atoms with E-state index in [0.29, 0.717) is 16.8 Å². The van der Waals surface area contributed by atoms with Crippen LogP contribution in [0, 0.1) is 0 Å². The van der Waals surface area contributed by atoms with Crippen LogP contribution in [0.1, 0.15) is 18.7 Å². The number of carbonyl (C=O) groups excluding carboxylic acids is 1. The van der Waals surface area contributed by atoms with Gasteiger partial charge < -0.3 is 9.32 Å². The molecule has 0 radical (unpaired) electrons. The van der Waals surface area contributed by atoms with Crippen LogP contribution in [0.25, 0.3) is 22.0 Å². The summed E-state index contributed by atoms with van der Waals surface area (Å²) in [5.74, 6) is 0.528. The molecule has 1 unspecified atom stereocenters. The summed E-state index contributed by atoms with van der Waals surface area (Å²) in [5, 5.41) is 0.997. The quantitative estimate of drug-likeness (QED) is 0.559. The first kappa shape index (κ1) is 17.0. The van der Waals surface area contributed by atoms with Crippen LogP contribution < -0.4 is 5.56 Å². The monoisotopic (exact) mass is 361 g/mol. The number of para-hydroxylation sites is 3. The van der Waals surface area contributed by atoms with Crippen molar-refractivity contribution in [3.05, 3.63) is 76.9 Å². The third kappa shape index (κ3) is 3.10. The SMILES string of the molecule is CC(c1cc2ccccc2o1)N(C)C(=O)Cn1c(=O)cnc2ccccc21. The number of fused-ring (bicyclic) bond motifs is 2. The average molecular weight is 361 g/mol. The first-order chi connectivity index (χ1) is 13.0. The molecule has 0 aliphatic heterocycles. The second-order valence-electron chi connectivity index (χ2n) is 6.54. The molecular weight excluding hydrogens is 342 g/mol. The summed E-state index contributed by atoms with van der Waals surface area (Å²) in [7, 11) is 1.72. The van der Waals surface area contributed by atoms with Gasteiger partial charge in [0.05, 0.1) is 23.3 Å². The van der Waals surface area contributed by atoms with Crippen LogP contribution in [0.3, 0.4) is 0 Å². The summed E-state index contributed by atoms with van der Waals surface area (Å²) in [6.07, 6.45) is 1.25. The highest BCUT2D eigenvalue weighted by atomic mass is 16.3. The normalized spacial score (nSPS) is 12.4. The number of benzene rings is 2.